The molecule has 9 rings (SSSR count). The molecule has 4 saturated carbocycles. The van der Waals surface area contributed by atoms with Gasteiger partial charge >= 0.3 is 0 Å². The summed E-state index contributed by atoms with van der Waals surface area (Å²) < 4.78 is 19.8. The van der Waals surface area contributed by atoms with Gasteiger partial charge in [-0.1, -0.05) is 6.07 Å². The lowest BCUT2D eigenvalue weighted by atomic mass is 9.35. The maximum Gasteiger partial charge on any atom is 0.165 e. The van der Waals surface area contributed by atoms with Crippen molar-refractivity contribution in [2.45, 2.75) is 74.7 Å². The first-order valence-electron chi connectivity index (χ1n) is 13.5. The fourth-order valence-electron chi connectivity index (χ4n) is 9.44. The highest BCUT2D eigenvalue weighted by molar-refractivity contribution is 7.07. The maximum atomic E-state index is 10.9. The van der Waals surface area contributed by atoms with Crippen LogP contribution in [-0.2, 0) is 27.9 Å². The van der Waals surface area contributed by atoms with E-state index in [1.807, 2.05) is 13.2 Å². The van der Waals surface area contributed by atoms with Crippen molar-refractivity contribution >= 4 is 11.3 Å². The summed E-state index contributed by atoms with van der Waals surface area (Å²) in [7, 11) is 1.89. The number of methoxy groups -OCH3 is 1. The number of fused-ring (bicyclic) bond motifs is 2. The van der Waals surface area contributed by atoms with E-state index in [9.17, 15) is 5.11 Å². The predicted octanol–water partition coefficient (Wildman–Crippen LogP) is 4.90. The molecule has 3 heterocycles. The Balaban J connectivity index is 1.24. The van der Waals surface area contributed by atoms with Crippen molar-refractivity contribution < 1.29 is 19.3 Å². The molecule has 2 aromatic rings. The summed E-state index contributed by atoms with van der Waals surface area (Å²) >= 11 is 1.72. The second-order valence-corrected chi connectivity index (χ2v) is 13.0. The minimum atomic E-state index is -0.375. The normalized spacial score (nSPS) is 40.5. The predicted molar refractivity (Wildman–Crippen MR) is 134 cm³/mol. The largest absolute Gasteiger partial charge is 0.504 e. The van der Waals surface area contributed by atoms with Crippen LogP contribution in [0.15, 0.2) is 29.0 Å². The van der Waals surface area contributed by atoms with Gasteiger partial charge in [0.05, 0.1) is 13.2 Å². The number of ether oxygens (including phenoxy) is 3. The van der Waals surface area contributed by atoms with Crippen LogP contribution >= 0.6 is 11.3 Å². The standard InChI is InChI=1S/C29H35NO4S/c1-32-29-8-7-27(13-21(29)16-33-15-19-6-11-35-17-19)23-12-20-4-5-22(31)25-24(20)28(27,26(29)34-25)9-10-30(23)14-18-2-3-18/h4-6,11,17-18,21,23,26,31H,2-3,7-10,12-16H2,1H3/t21-,23-,26-,27-,28+,29-/m1/s1. The number of hydrogen-bond acceptors (Lipinski definition) is 6. The summed E-state index contributed by atoms with van der Waals surface area (Å²) in [4.78, 5) is 2.86. The zero-order valence-electron chi connectivity index (χ0n) is 20.5. The summed E-state index contributed by atoms with van der Waals surface area (Å²) in [6.07, 6.45) is 8.26. The molecule has 0 amide bonds. The Morgan fingerprint density at radius 1 is 1.20 bits per heavy atom. The molecule has 5 fully saturated rings. The molecule has 1 aromatic heterocycles. The molecule has 0 radical (unpaired) electrons. The van der Waals surface area contributed by atoms with Gasteiger partial charge in [-0.05, 0) is 91.4 Å². The Kier molecular flexibility index (Phi) is 4.45. The van der Waals surface area contributed by atoms with Gasteiger partial charge in [-0.3, -0.25) is 4.90 Å². The first-order chi connectivity index (χ1) is 17.1. The minimum Gasteiger partial charge on any atom is -0.504 e. The minimum absolute atomic E-state index is 0.0508. The fourth-order valence-corrected chi connectivity index (χ4v) is 10.1. The van der Waals surface area contributed by atoms with Crippen molar-refractivity contribution in [2.75, 3.05) is 26.8 Å². The molecule has 2 spiro atoms. The molecule has 6 heteroatoms. The molecule has 1 N–H and O–H groups in total. The maximum absolute atomic E-state index is 10.9. The number of piperidine rings is 1. The molecular weight excluding hydrogens is 458 g/mol. The number of aromatic hydroxyl groups is 1. The number of phenols is 1. The molecule has 1 saturated heterocycles. The summed E-state index contributed by atoms with van der Waals surface area (Å²) in [5.74, 6) is 2.24. The Hall–Kier alpha value is -1.60. The summed E-state index contributed by atoms with van der Waals surface area (Å²) in [6.45, 7) is 3.75. The Bertz CT molecular complexity index is 1160. The summed E-state index contributed by atoms with van der Waals surface area (Å²) in [6, 6.07) is 6.75. The summed E-state index contributed by atoms with van der Waals surface area (Å²) in [5, 5.41) is 15.2. The molecule has 6 atom stereocenters. The van der Waals surface area contributed by atoms with Crippen molar-refractivity contribution in [1.29, 1.82) is 0 Å². The third-order valence-corrected chi connectivity index (χ3v) is 11.7. The average molecular weight is 494 g/mol. The molecule has 7 aliphatic rings. The van der Waals surface area contributed by atoms with Crippen molar-refractivity contribution in [3.05, 3.63) is 45.6 Å². The number of thiophene rings is 1. The van der Waals surface area contributed by atoms with Gasteiger partial charge in [0.1, 0.15) is 11.7 Å². The first kappa shape index (κ1) is 21.5. The number of phenolic OH excluding ortho intramolecular Hbond substituents is 1. The zero-order chi connectivity index (χ0) is 23.4. The van der Waals surface area contributed by atoms with Crippen LogP contribution in [0.1, 0.15) is 55.2 Å². The first-order valence-corrected chi connectivity index (χ1v) is 14.5. The van der Waals surface area contributed by atoms with Crippen LogP contribution in [0.25, 0.3) is 0 Å². The second-order valence-electron chi connectivity index (χ2n) is 12.2. The Labute approximate surface area is 211 Å². The van der Waals surface area contributed by atoms with Crippen molar-refractivity contribution in [3.63, 3.8) is 0 Å². The number of benzene rings is 1. The van der Waals surface area contributed by atoms with Gasteiger partial charge in [-0.25, -0.2) is 0 Å². The molecule has 4 bridgehead atoms. The van der Waals surface area contributed by atoms with Crippen molar-refractivity contribution in [2.24, 2.45) is 17.3 Å². The van der Waals surface area contributed by atoms with E-state index in [4.69, 9.17) is 14.2 Å². The van der Waals surface area contributed by atoms with E-state index in [-0.39, 0.29) is 22.5 Å². The topological polar surface area (TPSA) is 51.2 Å². The third-order valence-electron chi connectivity index (χ3n) is 11.0. The van der Waals surface area contributed by atoms with Gasteiger partial charge in [0, 0.05) is 42.0 Å². The zero-order valence-corrected chi connectivity index (χ0v) is 21.3. The quantitative estimate of drug-likeness (QED) is 0.595. The molecule has 35 heavy (non-hydrogen) atoms. The molecule has 0 unspecified atom stereocenters. The van der Waals surface area contributed by atoms with E-state index in [1.54, 1.807) is 11.3 Å². The van der Waals surface area contributed by atoms with E-state index in [1.165, 1.54) is 42.5 Å². The van der Waals surface area contributed by atoms with Gasteiger partial charge in [-0.2, -0.15) is 11.3 Å². The van der Waals surface area contributed by atoms with Crippen LogP contribution in [0.2, 0.25) is 0 Å². The van der Waals surface area contributed by atoms with Gasteiger partial charge in [-0.15, -0.1) is 0 Å². The Morgan fingerprint density at radius 3 is 2.91 bits per heavy atom. The van der Waals surface area contributed by atoms with Gasteiger partial charge in [0.25, 0.3) is 0 Å². The lowest BCUT2D eigenvalue weighted by Crippen LogP contribution is -2.81. The van der Waals surface area contributed by atoms with E-state index in [0.717, 1.165) is 43.9 Å². The van der Waals surface area contributed by atoms with E-state index < -0.39 is 0 Å². The van der Waals surface area contributed by atoms with E-state index >= 15 is 0 Å². The number of likely N-dealkylation sites (tertiary alicyclic amines) is 1. The lowest BCUT2D eigenvalue weighted by Gasteiger charge is -2.74. The molecular formula is C29H35NO4S. The van der Waals surface area contributed by atoms with Crippen LogP contribution in [-0.4, -0.2) is 54.6 Å². The highest BCUT2D eigenvalue weighted by atomic mass is 32.1. The molecule has 2 aliphatic heterocycles. The molecule has 186 valence electrons. The highest BCUT2D eigenvalue weighted by Crippen LogP contribution is 2.76. The fraction of sp³-hybridized carbons (Fsp3) is 0.655. The van der Waals surface area contributed by atoms with Crippen molar-refractivity contribution in [1.82, 2.24) is 4.90 Å². The SMILES string of the molecule is CO[C@]12CC[C@@]3(C[C@@H]1COCc1ccsc1)[C@H]1Cc4ccc(O)c5c4[C@@]3(CCN1CC1CC1)[C@H]2O5. The highest BCUT2D eigenvalue weighted by Gasteiger charge is 2.80. The molecule has 5 nitrogen and oxygen atoms in total. The van der Waals surface area contributed by atoms with E-state index in [0.29, 0.717) is 30.9 Å². The number of rotatable bonds is 7. The lowest BCUT2D eigenvalue weighted by molar-refractivity contribution is -0.283. The average Bonchev–Trinajstić information content (AvgIpc) is 3.38. The van der Waals surface area contributed by atoms with Gasteiger partial charge in [0.15, 0.2) is 11.5 Å². The van der Waals surface area contributed by atoms with Crippen LogP contribution in [0.4, 0.5) is 0 Å². The van der Waals surface area contributed by atoms with Gasteiger partial charge in [0.2, 0.25) is 0 Å². The van der Waals surface area contributed by atoms with E-state index in [2.05, 4.69) is 27.8 Å². The van der Waals surface area contributed by atoms with Crippen molar-refractivity contribution in [3.8, 4) is 11.5 Å². The third kappa shape index (κ3) is 2.60. The smallest absolute Gasteiger partial charge is 0.165 e. The monoisotopic (exact) mass is 493 g/mol. The van der Waals surface area contributed by atoms with Crippen LogP contribution in [0.3, 0.4) is 0 Å². The van der Waals surface area contributed by atoms with Crippen LogP contribution in [0.5, 0.6) is 11.5 Å². The molecule has 1 aromatic carbocycles. The molecule has 5 aliphatic carbocycles. The Morgan fingerprint density at radius 2 is 2.11 bits per heavy atom. The second kappa shape index (κ2) is 7.25. The van der Waals surface area contributed by atoms with Crippen LogP contribution in [0, 0.1) is 17.3 Å². The van der Waals surface area contributed by atoms with Crippen LogP contribution < -0.4 is 4.74 Å². The summed E-state index contributed by atoms with van der Waals surface area (Å²) in [5.41, 5.74) is 3.72. The number of hydrogen-bond donors (Lipinski definition) is 1. The van der Waals surface area contributed by atoms with Gasteiger partial charge < -0.3 is 19.3 Å². The number of nitrogens with zero attached hydrogens (tertiary/aromatic N) is 1.